The van der Waals surface area contributed by atoms with Gasteiger partial charge in [0.25, 0.3) is 0 Å². The van der Waals surface area contributed by atoms with Crippen LogP contribution >= 0.6 is 0 Å². The van der Waals surface area contributed by atoms with Crippen LogP contribution in [0.15, 0.2) is 115 Å². The Morgan fingerprint density at radius 3 is 1.30 bits per heavy atom. The fourth-order valence-electron chi connectivity index (χ4n) is 4.54. The molecule has 5 rings (SSSR count). The van der Waals surface area contributed by atoms with Crippen molar-refractivity contribution in [2.75, 3.05) is 0 Å². The van der Waals surface area contributed by atoms with Gasteiger partial charge in [-0.1, -0.05) is 66.7 Å². The molecule has 0 saturated heterocycles. The Morgan fingerprint density at radius 2 is 0.830 bits per heavy atom. The van der Waals surface area contributed by atoms with E-state index in [0.29, 0.717) is 12.1 Å². The van der Waals surface area contributed by atoms with Crippen LogP contribution in [0.25, 0.3) is 0 Å². The van der Waals surface area contributed by atoms with Crippen LogP contribution in [0.3, 0.4) is 0 Å². The number of rotatable bonds is 8. The van der Waals surface area contributed by atoms with E-state index in [1.165, 1.54) is 24.3 Å². The van der Waals surface area contributed by atoms with Crippen molar-refractivity contribution in [1.82, 2.24) is 0 Å². The number of carbonyl (C=O) groups excluding carboxylic acids is 6. The minimum atomic E-state index is -1.74. The summed E-state index contributed by atoms with van der Waals surface area (Å²) in [4.78, 5) is 78.2. The minimum absolute atomic E-state index is 0.134. The van der Waals surface area contributed by atoms with Crippen LogP contribution in [0.2, 0.25) is 0 Å². The molecule has 0 atom stereocenters. The Kier molecular flexibility index (Phi) is 9.27. The summed E-state index contributed by atoms with van der Waals surface area (Å²) < 4.78 is 52.8. The Labute approximate surface area is 264 Å². The van der Waals surface area contributed by atoms with E-state index < -0.39 is 75.1 Å². The molecular formula is C36H19F3O8. The summed E-state index contributed by atoms with van der Waals surface area (Å²) in [5.41, 5.74) is -3.66. The highest BCUT2D eigenvalue weighted by Gasteiger charge is 2.30. The van der Waals surface area contributed by atoms with Gasteiger partial charge in [0.1, 0.15) is 23.0 Å². The van der Waals surface area contributed by atoms with Crippen LogP contribution in [0, 0.1) is 17.5 Å². The molecule has 0 aliphatic carbocycles. The maximum absolute atomic E-state index is 15.0. The van der Waals surface area contributed by atoms with Gasteiger partial charge in [0, 0.05) is 22.3 Å². The van der Waals surface area contributed by atoms with E-state index in [-0.39, 0.29) is 22.3 Å². The van der Waals surface area contributed by atoms with Gasteiger partial charge < -0.3 is 9.47 Å². The van der Waals surface area contributed by atoms with Gasteiger partial charge in [0.15, 0.2) is 11.6 Å². The third-order valence-corrected chi connectivity index (χ3v) is 6.77. The second-order valence-electron chi connectivity index (χ2n) is 9.79. The molecule has 0 radical (unpaired) electrons. The predicted molar refractivity (Wildman–Crippen MR) is 158 cm³/mol. The average Bonchev–Trinajstić information content (AvgIpc) is 3.08. The Bertz CT molecular complexity index is 2080. The molecule has 0 bridgehead atoms. The molecule has 5 aromatic rings. The Morgan fingerprint density at radius 1 is 0.404 bits per heavy atom. The van der Waals surface area contributed by atoms with Gasteiger partial charge in [0.2, 0.25) is 0 Å². The lowest BCUT2D eigenvalue weighted by Crippen LogP contribution is -2.22. The summed E-state index contributed by atoms with van der Waals surface area (Å²) in [5.74, 6) is -11.1. The molecule has 0 aliphatic rings. The van der Waals surface area contributed by atoms with Crippen molar-refractivity contribution in [2.24, 2.45) is 0 Å². The molecule has 0 heterocycles. The van der Waals surface area contributed by atoms with Crippen LogP contribution in [0.1, 0.15) is 73.3 Å². The first-order valence-corrected chi connectivity index (χ1v) is 13.6. The minimum Gasteiger partial charge on any atom is -0.386 e. The molecule has 0 aliphatic heterocycles. The van der Waals surface area contributed by atoms with Gasteiger partial charge in [-0.15, -0.1) is 0 Å². The zero-order chi connectivity index (χ0) is 33.7. The molecule has 0 N–H and O–H groups in total. The van der Waals surface area contributed by atoms with Crippen molar-refractivity contribution in [2.45, 2.75) is 0 Å². The monoisotopic (exact) mass is 636 g/mol. The molecule has 232 valence electrons. The summed E-state index contributed by atoms with van der Waals surface area (Å²) in [6, 6.07) is 23.1. The van der Waals surface area contributed by atoms with Gasteiger partial charge in [0.05, 0.1) is 16.7 Å². The van der Waals surface area contributed by atoms with Crippen molar-refractivity contribution >= 4 is 35.4 Å². The summed E-state index contributed by atoms with van der Waals surface area (Å²) >= 11 is 0. The summed E-state index contributed by atoms with van der Waals surface area (Å²) in [7, 11) is 0. The Hall–Kier alpha value is -6.49. The van der Waals surface area contributed by atoms with Gasteiger partial charge in [-0.2, -0.15) is 0 Å². The molecular weight excluding hydrogens is 617 g/mol. The van der Waals surface area contributed by atoms with Crippen LogP contribution < -0.4 is 0 Å². The molecule has 0 fully saturated rings. The number of ether oxygens (including phenoxy) is 2. The maximum atomic E-state index is 15.0. The number of ketones is 2. The summed E-state index contributed by atoms with van der Waals surface area (Å²) in [6.07, 6.45) is 0. The van der Waals surface area contributed by atoms with Crippen LogP contribution in [0.5, 0.6) is 0 Å². The fourth-order valence-corrected chi connectivity index (χ4v) is 4.54. The first kappa shape index (κ1) is 31.9. The number of hydrogen-bond donors (Lipinski definition) is 0. The largest absolute Gasteiger partial charge is 0.386 e. The molecule has 0 spiro atoms. The highest BCUT2D eigenvalue weighted by molar-refractivity contribution is 6.18. The number of benzene rings is 5. The molecule has 11 heteroatoms. The Balaban J connectivity index is 1.41. The lowest BCUT2D eigenvalue weighted by atomic mass is 9.98. The van der Waals surface area contributed by atoms with E-state index in [0.717, 1.165) is 42.5 Å². The number of hydrogen-bond acceptors (Lipinski definition) is 8. The van der Waals surface area contributed by atoms with Crippen LogP contribution in [0.4, 0.5) is 13.2 Å². The molecule has 0 amide bonds. The molecule has 0 saturated carbocycles. The quantitative estimate of drug-likeness (QED) is 0.107. The van der Waals surface area contributed by atoms with Crippen molar-refractivity contribution in [3.8, 4) is 0 Å². The first-order chi connectivity index (χ1) is 22.5. The van der Waals surface area contributed by atoms with E-state index in [9.17, 15) is 41.9 Å². The van der Waals surface area contributed by atoms with E-state index in [1.54, 1.807) is 36.4 Å². The van der Waals surface area contributed by atoms with E-state index in [1.807, 2.05) is 0 Å². The topological polar surface area (TPSA) is 121 Å². The third kappa shape index (κ3) is 6.94. The van der Waals surface area contributed by atoms with E-state index >= 15 is 0 Å². The van der Waals surface area contributed by atoms with Crippen LogP contribution in [-0.2, 0) is 9.47 Å². The molecule has 0 aromatic heterocycles. The van der Waals surface area contributed by atoms with Crippen molar-refractivity contribution in [1.29, 1.82) is 0 Å². The molecule has 8 nitrogen and oxygen atoms in total. The van der Waals surface area contributed by atoms with Gasteiger partial charge in [-0.05, 0) is 48.5 Å². The highest BCUT2D eigenvalue weighted by atomic mass is 19.1. The zero-order valence-corrected chi connectivity index (χ0v) is 23.9. The maximum Gasteiger partial charge on any atom is 0.349 e. The van der Waals surface area contributed by atoms with Crippen molar-refractivity contribution < 1.29 is 51.4 Å². The smallest absolute Gasteiger partial charge is 0.349 e. The SMILES string of the molecule is O=C(OC(=O)c1cccc(F)c1C(=O)OC(=O)c1cc(F)ccc1C(=O)c1ccccc1)c1cc(F)ccc1C(=O)c1ccccc1. The second kappa shape index (κ2) is 13.7. The zero-order valence-electron chi connectivity index (χ0n) is 23.9. The number of esters is 4. The van der Waals surface area contributed by atoms with Gasteiger partial charge >= 0.3 is 23.9 Å². The van der Waals surface area contributed by atoms with E-state index in [4.69, 9.17) is 9.47 Å². The average molecular weight is 637 g/mol. The normalized spacial score (nSPS) is 10.5. The molecule has 0 unspecified atom stereocenters. The summed E-state index contributed by atoms with van der Waals surface area (Å²) in [6.45, 7) is 0. The van der Waals surface area contributed by atoms with E-state index in [2.05, 4.69) is 0 Å². The number of carbonyl (C=O) groups is 6. The first-order valence-electron chi connectivity index (χ1n) is 13.6. The van der Waals surface area contributed by atoms with Gasteiger partial charge in [-0.25, -0.2) is 32.3 Å². The fraction of sp³-hybridized carbons (Fsp3) is 0. The summed E-state index contributed by atoms with van der Waals surface area (Å²) in [5, 5.41) is 0. The van der Waals surface area contributed by atoms with Crippen molar-refractivity contribution in [3.05, 3.63) is 177 Å². The number of halogens is 3. The molecule has 47 heavy (non-hydrogen) atoms. The van der Waals surface area contributed by atoms with Gasteiger partial charge in [-0.3, -0.25) is 9.59 Å². The van der Waals surface area contributed by atoms with Crippen molar-refractivity contribution in [3.63, 3.8) is 0 Å². The lowest BCUT2D eigenvalue weighted by molar-refractivity contribution is 0.0352. The van der Waals surface area contributed by atoms with Crippen LogP contribution in [-0.4, -0.2) is 35.4 Å². The highest BCUT2D eigenvalue weighted by Crippen LogP contribution is 2.23. The second-order valence-corrected chi connectivity index (χ2v) is 9.79. The third-order valence-electron chi connectivity index (χ3n) is 6.77. The molecule has 5 aromatic carbocycles. The standard InChI is InChI=1S/C36H19F3O8/c37-22-14-16-24(31(40)20-8-3-1-4-9-20)27(18-22)34(43)46-33(42)26-12-7-13-29(39)30(26)36(45)47-35(44)28-19-23(38)15-17-25(28)32(41)21-10-5-2-6-11-21/h1-19H. The predicted octanol–water partition coefficient (Wildman–Crippen LogP) is 6.56. The lowest BCUT2D eigenvalue weighted by Gasteiger charge is -2.12.